The van der Waals surface area contributed by atoms with Crippen molar-refractivity contribution in [2.45, 2.75) is 11.5 Å². The lowest BCUT2D eigenvalue weighted by molar-refractivity contribution is -0.120. The van der Waals surface area contributed by atoms with Gasteiger partial charge < -0.3 is 5.32 Å². The number of hydrogen-bond acceptors (Lipinski definition) is 3. The molecule has 2 heterocycles. The van der Waals surface area contributed by atoms with Crippen molar-refractivity contribution in [3.63, 3.8) is 0 Å². The minimum Gasteiger partial charge on any atom is -0.323 e. The number of carbonyl (C=O) groups excluding carboxylic acids is 1. The number of hydrazone groups is 1. The third kappa shape index (κ3) is 2.96. The molecule has 0 saturated heterocycles. The SMILES string of the molecule is O=C1Nc2cc(Br)ccc2[C@]12[C@@H](c1ccccc1)C(c1ccccc1)=NN2c1ccccc1. The average molecular weight is 494 g/mol. The molecule has 0 fully saturated rings. The van der Waals surface area contributed by atoms with Gasteiger partial charge in [-0.2, -0.15) is 5.10 Å². The van der Waals surface area contributed by atoms with Gasteiger partial charge in [0.1, 0.15) is 0 Å². The fourth-order valence-corrected chi connectivity index (χ4v) is 5.42. The average Bonchev–Trinajstić information content (AvgIpc) is 3.36. The molecule has 0 bridgehead atoms. The summed E-state index contributed by atoms with van der Waals surface area (Å²) in [6.07, 6.45) is 0. The van der Waals surface area contributed by atoms with Gasteiger partial charge in [0.2, 0.25) is 0 Å². The van der Waals surface area contributed by atoms with Gasteiger partial charge in [0, 0.05) is 15.7 Å². The first kappa shape index (κ1) is 19.9. The maximum absolute atomic E-state index is 14.1. The zero-order chi connectivity index (χ0) is 22.4. The molecule has 0 aromatic heterocycles. The number of hydrogen-bond donors (Lipinski definition) is 1. The van der Waals surface area contributed by atoms with Crippen molar-refractivity contribution in [1.82, 2.24) is 0 Å². The van der Waals surface area contributed by atoms with Crippen LogP contribution in [-0.2, 0) is 10.3 Å². The first-order valence-electron chi connectivity index (χ1n) is 10.9. The highest BCUT2D eigenvalue weighted by Gasteiger charge is 2.62. The van der Waals surface area contributed by atoms with Crippen LogP contribution in [0.2, 0.25) is 0 Å². The van der Waals surface area contributed by atoms with Gasteiger partial charge in [-0.05, 0) is 35.4 Å². The van der Waals surface area contributed by atoms with Gasteiger partial charge in [-0.15, -0.1) is 0 Å². The molecule has 6 rings (SSSR count). The first-order chi connectivity index (χ1) is 16.2. The van der Waals surface area contributed by atoms with Gasteiger partial charge in [-0.1, -0.05) is 101 Å². The number of halogens is 1. The van der Waals surface area contributed by atoms with Crippen LogP contribution in [-0.4, -0.2) is 11.6 Å². The van der Waals surface area contributed by atoms with E-state index in [0.717, 1.165) is 38.2 Å². The second-order valence-corrected chi connectivity index (χ2v) is 9.17. The molecule has 4 nitrogen and oxygen atoms in total. The van der Waals surface area contributed by atoms with Crippen molar-refractivity contribution in [1.29, 1.82) is 0 Å². The van der Waals surface area contributed by atoms with Crippen LogP contribution in [0.1, 0.15) is 22.6 Å². The van der Waals surface area contributed by atoms with Crippen LogP contribution in [0.3, 0.4) is 0 Å². The number of para-hydroxylation sites is 1. The van der Waals surface area contributed by atoms with Crippen molar-refractivity contribution in [2.24, 2.45) is 5.10 Å². The van der Waals surface area contributed by atoms with Crippen LogP contribution < -0.4 is 10.3 Å². The van der Waals surface area contributed by atoms with E-state index < -0.39 is 5.54 Å². The zero-order valence-corrected chi connectivity index (χ0v) is 19.2. The smallest absolute Gasteiger partial charge is 0.258 e. The Hall–Kier alpha value is -3.70. The normalized spacial score (nSPS) is 21.1. The number of nitrogens with one attached hydrogen (secondary N) is 1. The molecule has 0 unspecified atom stereocenters. The molecular formula is C28H20BrN3O. The third-order valence-corrected chi connectivity index (χ3v) is 6.92. The number of fused-ring (bicyclic) bond motifs is 2. The first-order valence-corrected chi connectivity index (χ1v) is 11.6. The Bertz CT molecular complexity index is 1370. The summed E-state index contributed by atoms with van der Waals surface area (Å²) in [5.41, 5.74) is 4.46. The molecular weight excluding hydrogens is 474 g/mol. The summed E-state index contributed by atoms with van der Waals surface area (Å²) in [5.74, 6) is -0.383. The summed E-state index contributed by atoms with van der Waals surface area (Å²) in [5, 5.41) is 10.2. The summed E-state index contributed by atoms with van der Waals surface area (Å²) in [4.78, 5) is 14.1. The molecule has 5 heteroatoms. The van der Waals surface area contributed by atoms with E-state index in [1.807, 2.05) is 89.9 Å². The number of nitrogens with zero attached hydrogens (tertiary/aromatic N) is 2. The summed E-state index contributed by atoms with van der Waals surface area (Å²) in [7, 11) is 0. The van der Waals surface area contributed by atoms with Crippen molar-refractivity contribution in [3.8, 4) is 0 Å². The van der Waals surface area contributed by atoms with E-state index in [1.54, 1.807) is 0 Å². The third-order valence-electron chi connectivity index (χ3n) is 6.42. The predicted molar refractivity (Wildman–Crippen MR) is 136 cm³/mol. The summed E-state index contributed by atoms with van der Waals surface area (Å²) >= 11 is 3.56. The Balaban J connectivity index is 1.69. The predicted octanol–water partition coefficient (Wildman–Crippen LogP) is 6.30. The zero-order valence-electron chi connectivity index (χ0n) is 17.7. The molecule has 4 aromatic carbocycles. The molecule has 0 aliphatic carbocycles. The number of benzene rings is 4. The van der Waals surface area contributed by atoms with Crippen molar-refractivity contribution in [2.75, 3.05) is 10.3 Å². The molecule has 1 N–H and O–H groups in total. The molecule has 2 aliphatic rings. The standard InChI is InChI=1S/C28H20BrN3O/c29-21-16-17-23-24(18-21)30-27(33)28(23)25(19-10-4-1-5-11-19)26(20-12-6-2-7-13-20)31-32(28)22-14-8-3-9-15-22/h1-18,25H,(H,30,33)/t25-,28-/m0/s1. The second-order valence-electron chi connectivity index (χ2n) is 8.25. The number of rotatable bonds is 3. The van der Waals surface area contributed by atoms with Crippen molar-refractivity contribution in [3.05, 3.63) is 130 Å². The lowest BCUT2D eigenvalue weighted by Crippen LogP contribution is -2.50. The minimum atomic E-state index is -1.05. The van der Waals surface area contributed by atoms with Gasteiger partial charge in [0.25, 0.3) is 5.91 Å². The molecule has 2 atom stereocenters. The van der Waals surface area contributed by atoms with Crippen LogP contribution >= 0.6 is 15.9 Å². The van der Waals surface area contributed by atoms with Gasteiger partial charge in [0.15, 0.2) is 5.54 Å². The van der Waals surface area contributed by atoms with Crippen LogP contribution in [0.15, 0.2) is 119 Å². The Morgan fingerprint density at radius 3 is 2.15 bits per heavy atom. The van der Waals surface area contributed by atoms with E-state index in [9.17, 15) is 4.79 Å². The molecule has 1 amide bonds. The van der Waals surface area contributed by atoms with E-state index >= 15 is 0 Å². The summed E-state index contributed by atoms with van der Waals surface area (Å²) in [6, 6.07) is 36.3. The lowest BCUT2D eigenvalue weighted by atomic mass is 9.72. The Morgan fingerprint density at radius 1 is 0.818 bits per heavy atom. The summed E-state index contributed by atoms with van der Waals surface area (Å²) < 4.78 is 0.920. The Morgan fingerprint density at radius 2 is 1.45 bits per heavy atom. The second kappa shape index (κ2) is 7.71. The molecule has 1 spiro atoms. The van der Waals surface area contributed by atoms with Crippen LogP contribution in [0.4, 0.5) is 11.4 Å². The molecule has 0 saturated carbocycles. The maximum Gasteiger partial charge on any atom is 0.258 e. The molecule has 0 radical (unpaired) electrons. The molecule has 160 valence electrons. The summed E-state index contributed by atoms with van der Waals surface area (Å²) in [6.45, 7) is 0. The van der Waals surface area contributed by atoms with Crippen LogP contribution in [0.25, 0.3) is 0 Å². The topological polar surface area (TPSA) is 44.7 Å². The van der Waals surface area contributed by atoms with Crippen LogP contribution in [0, 0.1) is 0 Å². The lowest BCUT2D eigenvalue weighted by Gasteiger charge is -2.37. The quantitative estimate of drug-likeness (QED) is 0.363. The molecule has 2 aliphatic heterocycles. The molecule has 4 aromatic rings. The highest BCUT2D eigenvalue weighted by Crippen LogP contribution is 2.56. The van der Waals surface area contributed by atoms with E-state index in [0.29, 0.717) is 0 Å². The van der Waals surface area contributed by atoms with E-state index in [4.69, 9.17) is 5.10 Å². The minimum absolute atomic E-state index is 0.0806. The fourth-order valence-electron chi connectivity index (χ4n) is 5.06. The highest BCUT2D eigenvalue weighted by atomic mass is 79.9. The number of carbonyl (C=O) groups is 1. The van der Waals surface area contributed by atoms with Crippen molar-refractivity contribution < 1.29 is 4.79 Å². The van der Waals surface area contributed by atoms with Crippen molar-refractivity contribution >= 4 is 38.9 Å². The largest absolute Gasteiger partial charge is 0.323 e. The number of anilines is 2. The number of amides is 1. The Kier molecular flexibility index (Phi) is 4.66. The van der Waals surface area contributed by atoms with Gasteiger partial charge in [-0.25, -0.2) is 5.01 Å². The monoisotopic (exact) mass is 493 g/mol. The van der Waals surface area contributed by atoms with Crippen LogP contribution in [0.5, 0.6) is 0 Å². The van der Waals surface area contributed by atoms with Gasteiger partial charge in [0.05, 0.1) is 17.3 Å². The molecule has 33 heavy (non-hydrogen) atoms. The highest BCUT2D eigenvalue weighted by molar-refractivity contribution is 9.10. The maximum atomic E-state index is 14.1. The van der Waals surface area contributed by atoms with Gasteiger partial charge >= 0.3 is 0 Å². The van der Waals surface area contributed by atoms with E-state index in [1.165, 1.54) is 0 Å². The fraction of sp³-hybridized carbons (Fsp3) is 0.0714. The Labute approximate surface area is 200 Å². The van der Waals surface area contributed by atoms with E-state index in [-0.39, 0.29) is 11.8 Å². The van der Waals surface area contributed by atoms with Gasteiger partial charge in [-0.3, -0.25) is 4.79 Å². The van der Waals surface area contributed by atoms with E-state index in [2.05, 4.69) is 45.5 Å².